The highest BCUT2D eigenvalue weighted by Gasteiger charge is 2.28. The number of amides is 4. The SMILES string of the molecule is CC(C)[C@H]1COc2ccccc2C(=O)N[C@H](C(=O)NCC2CC2)CCC(=O)N(C)CC(=O)N1. The highest BCUT2D eigenvalue weighted by atomic mass is 16.5. The van der Waals surface area contributed by atoms with Crippen LogP contribution in [-0.2, 0) is 14.4 Å². The number of hydrogen-bond acceptors (Lipinski definition) is 5. The largest absolute Gasteiger partial charge is 0.491 e. The lowest BCUT2D eigenvalue weighted by Crippen LogP contribution is -2.48. The van der Waals surface area contributed by atoms with Gasteiger partial charge in [-0.05, 0) is 43.2 Å². The van der Waals surface area contributed by atoms with Gasteiger partial charge in [-0.15, -0.1) is 0 Å². The Morgan fingerprint density at radius 1 is 1.15 bits per heavy atom. The Kier molecular flexibility index (Phi) is 8.30. The number of rotatable bonds is 4. The van der Waals surface area contributed by atoms with Crippen molar-refractivity contribution in [1.29, 1.82) is 0 Å². The lowest BCUT2D eigenvalue weighted by atomic mass is 10.1. The maximum Gasteiger partial charge on any atom is 0.255 e. The number of para-hydroxylation sites is 1. The minimum Gasteiger partial charge on any atom is -0.491 e. The molecular weight excluding hydrogens is 424 g/mol. The van der Waals surface area contributed by atoms with Crippen LogP contribution in [0.2, 0.25) is 0 Å². The van der Waals surface area contributed by atoms with Crippen LogP contribution >= 0.6 is 0 Å². The molecule has 0 radical (unpaired) electrons. The molecule has 180 valence electrons. The van der Waals surface area contributed by atoms with Crippen LogP contribution in [0.5, 0.6) is 5.75 Å². The first-order valence-electron chi connectivity index (χ1n) is 11.6. The van der Waals surface area contributed by atoms with E-state index in [-0.39, 0.29) is 55.7 Å². The second-order valence-electron chi connectivity index (χ2n) is 9.23. The number of nitrogens with one attached hydrogen (secondary N) is 3. The van der Waals surface area contributed by atoms with Gasteiger partial charge in [-0.3, -0.25) is 19.2 Å². The molecule has 1 aromatic carbocycles. The normalized spacial score (nSPS) is 22.9. The molecule has 3 N–H and O–H groups in total. The lowest BCUT2D eigenvalue weighted by Gasteiger charge is -2.24. The summed E-state index contributed by atoms with van der Waals surface area (Å²) < 4.78 is 5.93. The van der Waals surface area contributed by atoms with E-state index in [2.05, 4.69) is 16.0 Å². The molecule has 2 atom stereocenters. The molecule has 1 fully saturated rings. The van der Waals surface area contributed by atoms with E-state index in [9.17, 15) is 19.2 Å². The van der Waals surface area contributed by atoms with Gasteiger partial charge in [0.1, 0.15) is 18.4 Å². The fraction of sp³-hybridized carbons (Fsp3) is 0.583. The molecule has 0 aromatic heterocycles. The maximum atomic E-state index is 13.1. The first-order chi connectivity index (χ1) is 15.7. The minimum absolute atomic E-state index is 0.0251. The maximum absolute atomic E-state index is 13.1. The summed E-state index contributed by atoms with van der Waals surface area (Å²) in [7, 11) is 1.55. The summed E-state index contributed by atoms with van der Waals surface area (Å²) in [5, 5.41) is 8.58. The van der Waals surface area contributed by atoms with Gasteiger partial charge >= 0.3 is 0 Å². The Balaban J connectivity index is 1.84. The molecule has 9 heteroatoms. The van der Waals surface area contributed by atoms with Crippen LogP contribution in [0.3, 0.4) is 0 Å². The number of nitrogens with zero attached hydrogens (tertiary/aromatic N) is 1. The average molecular weight is 459 g/mol. The van der Waals surface area contributed by atoms with Crippen LogP contribution in [0.4, 0.5) is 0 Å². The van der Waals surface area contributed by atoms with Gasteiger partial charge in [-0.1, -0.05) is 26.0 Å². The van der Waals surface area contributed by atoms with Crippen molar-refractivity contribution in [3.8, 4) is 5.75 Å². The van der Waals surface area contributed by atoms with Gasteiger partial charge in [0.25, 0.3) is 5.91 Å². The van der Waals surface area contributed by atoms with Crippen molar-refractivity contribution in [2.75, 3.05) is 26.7 Å². The van der Waals surface area contributed by atoms with Crippen LogP contribution in [0.25, 0.3) is 0 Å². The van der Waals surface area contributed by atoms with E-state index in [0.29, 0.717) is 23.8 Å². The van der Waals surface area contributed by atoms with Gasteiger partial charge in [-0.2, -0.15) is 0 Å². The number of carbonyl (C=O) groups is 4. The summed E-state index contributed by atoms with van der Waals surface area (Å²) in [4.78, 5) is 52.4. The first-order valence-corrected chi connectivity index (χ1v) is 11.6. The number of benzene rings is 1. The molecule has 2 aliphatic rings. The molecule has 1 aliphatic heterocycles. The fourth-order valence-electron chi connectivity index (χ4n) is 3.57. The van der Waals surface area contributed by atoms with Gasteiger partial charge in [0.2, 0.25) is 17.7 Å². The van der Waals surface area contributed by atoms with Crippen LogP contribution in [0.1, 0.15) is 49.9 Å². The summed E-state index contributed by atoms with van der Waals surface area (Å²) in [5.74, 6) is -0.386. The topological polar surface area (TPSA) is 117 Å². The summed E-state index contributed by atoms with van der Waals surface area (Å²) in [5.41, 5.74) is 0.296. The molecular formula is C24H34N4O5. The second-order valence-corrected chi connectivity index (χ2v) is 9.23. The molecule has 4 amide bonds. The van der Waals surface area contributed by atoms with Crippen LogP contribution in [0, 0.1) is 11.8 Å². The highest BCUT2D eigenvalue weighted by Crippen LogP contribution is 2.27. The fourth-order valence-corrected chi connectivity index (χ4v) is 3.57. The van der Waals surface area contributed by atoms with Gasteiger partial charge < -0.3 is 25.6 Å². The number of carbonyl (C=O) groups excluding carboxylic acids is 4. The summed E-state index contributed by atoms with van der Waals surface area (Å²) in [6.07, 6.45) is 2.33. The zero-order valence-corrected chi connectivity index (χ0v) is 19.6. The van der Waals surface area contributed by atoms with E-state index in [1.54, 1.807) is 31.3 Å². The molecule has 1 aromatic rings. The molecule has 3 rings (SSSR count). The van der Waals surface area contributed by atoms with Crippen molar-refractivity contribution in [3.63, 3.8) is 0 Å². The van der Waals surface area contributed by atoms with E-state index in [0.717, 1.165) is 12.8 Å². The summed E-state index contributed by atoms with van der Waals surface area (Å²) >= 11 is 0. The lowest BCUT2D eigenvalue weighted by molar-refractivity contribution is -0.135. The van der Waals surface area contributed by atoms with Crippen LogP contribution in [-0.4, -0.2) is 67.4 Å². The minimum atomic E-state index is -0.871. The Bertz CT molecular complexity index is 883. The van der Waals surface area contributed by atoms with Crippen molar-refractivity contribution in [2.24, 2.45) is 11.8 Å². The van der Waals surface area contributed by atoms with E-state index in [1.807, 2.05) is 13.8 Å². The molecule has 9 nitrogen and oxygen atoms in total. The standard InChI is InChI=1S/C24H34N4O5/c1-15(2)19-14-33-20-7-5-4-6-17(20)23(31)27-18(24(32)25-12-16-8-9-16)10-11-22(30)28(3)13-21(29)26-19/h4-7,15-16,18-19H,8-14H2,1-3H3,(H,25,32)(H,26,29)(H,27,31)/t18-,19+/m0/s1. The third-order valence-electron chi connectivity index (χ3n) is 6.04. The smallest absolute Gasteiger partial charge is 0.255 e. The second kappa shape index (κ2) is 11.2. The summed E-state index contributed by atoms with van der Waals surface area (Å²) in [6, 6.07) is 5.62. The summed E-state index contributed by atoms with van der Waals surface area (Å²) in [6.45, 7) is 4.55. The zero-order chi connectivity index (χ0) is 24.0. The highest BCUT2D eigenvalue weighted by molar-refractivity contribution is 5.99. The van der Waals surface area contributed by atoms with Gasteiger partial charge in [-0.25, -0.2) is 0 Å². The van der Waals surface area contributed by atoms with E-state index in [4.69, 9.17) is 4.74 Å². The zero-order valence-electron chi connectivity index (χ0n) is 19.6. The van der Waals surface area contributed by atoms with Crippen molar-refractivity contribution < 1.29 is 23.9 Å². The van der Waals surface area contributed by atoms with Crippen LogP contribution < -0.4 is 20.7 Å². The van der Waals surface area contributed by atoms with E-state index >= 15 is 0 Å². The van der Waals surface area contributed by atoms with Gasteiger partial charge in [0, 0.05) is 20.0 Å². The predicted molar refractivity (Wildman–Crippen MR) is 123 cm³/mol. The predicted octanol–water partition coefficient (Wildman–Crippen LogP) is 1.08. The van der Waals surface area contributed by atoms with E-state index in [1.165, 1.54) is 4.90 Å². The third kappa shape index (κ3) is 7.20. The molecule has 1 saturated carbocycles. The molecule has 33 heavy (non-hydrogen) atoms. The Labute approximate surface area is 194 Å². The Hall–Kier alpha value is -3.10. The quantitative estimate of drug-likeness (QED) is 0.624. The molecule has 0 bridgehead atoms. The van der Waals surface area contributed by atoms with Crippen molar-refractivity contribution in [1.82, 2.24) is 20.9 Å². The average Bonchev–Trinajstić information content (AvgIpc) is 3.61. The van der Waals surface area contributed by atoms with E-state index < -0.39 is 11.9 Å². The monoisotopic (exact) mass is 458 g/mol. The first kappa shape index (κ1) is 24.5. The van der Waals surface area contributed by atoms with Crippen molar-refractivity contribution >= 4 is 23.6 Å². The molecule has 1 heterocycles. The van der Waals surface area contributed by atoms with Gasteiger partial charge in [0.15, 0.2) is 0 Å². The molecule has 0 saturated heterocycles. The number of likely N-dealkylation sites (N-methyl/N-ethyl adjacent to an activating group) is 1. The Morgan fingerprint density at radius 2 is 1.88 bits per heavy atom. The molecule has 0 unspecified atom stereocenters. The third-order valence-corrected chi connectivity index (χ3v) is 6.04. The van der Waals surface area contributed by atoms with Crippen LogP contribution in [0.15, 0.2) is 24.3 Å². The van der Waals surface area contributed by atoms with Gasteiger partial charge in [0.05, 0.1) is 18.2 Å². The van der Waals surface area contributed by atoms with Crippen molar-refractivity contribution in [3.05, 3.63) is 29.8 Å². The molecule has 0 spiro atoms. The number of fused-ring (bicyclic) bond motifs is 1. The number of ether oxygens (including phenoxy) is 1. The Morgan fingerprint density at radius 3 is 2.58 bits per heavy atom. The number of hydrogen-bond donors (Lipinski definition) is 3. The van der Waals surface area contributed by atoms with Crippen molar-refractivity contribution in [2.45, 2.75) is 51.6 Å². The molecule has 1 aliphatic carbocycles.